The minimum absolute atomic E-state index is 0.188. The highest BCUT2D eigenvalue weighted by Crippen LogP contribution is 2.30. The van der Waals surface area contributed by atoms with Gasteiger partial charge in [0, 0.05) is 17.1 Å². The molecule has 0 saturated carbocycles. The molecule has 2 rings (SSSR count). The first-order valence-corrected chi connectivity index (χ1v) is 7.08. The summed E-state index contributed by atoms with van der Waals surface area (Å²) >= 11 is 6.04. The van der Waals surface area contributed by atoms with E-state index in [4.69, 9.17) is 16.3 Å². The van der Waals surface area contributed by atoms with E-state index in [9.17, 15) is 5.26 Å². The zero-order valence-electron chi connectivity index (χ0n) is 11.2. The van der Waals surface area contributed by atoms with Crippen molar-refractivity contribution < 1.29 is 4.74 Å². The van der Waals surface area contributed by atoms with Crippen molar-refractivity contribution in [3.63, 3.8) is 0 Å². The van der Waals surface area contributed by atoms with E-state index in [0.29, 0.717) is 5.02 Å². The van der Waals surface area contributed by atoms with Crippen molar-refractivity contribution in [3.8, 4) is 11.8 Å². The van der Waals surface area contributed by atoms with Crippen LogP contribution in [0.3, 0.4) is 0 Å². The number of piperidine rings is 1. The summed E-state index contributed by atoms with van der Waals surface area (Å²) in [4.78, 5) is 2.36. The van der Waals surface area contributed by atoms with Gasteiger partial charge in [-0.3, -0.25) is 0 Å². The molecule has 3 nitrogen and oxygen atoms in total. The number of rotatable bonds is 4. The molecular formula is C15H19ClN2O. The van der Waals surface area contributed by atoms with Gasteiger partial charge >= 0.3 is 0 Å². The van der Waals surface area contributed by atoms with Gasteiger partial charge in [0.05, 0.1) is 19.1 Å². The molecule has 1 heterocycles. The average Bonchev–Trinajstić information content (AvgIpc) is 2.46. The van der Waals surface area contributed by atoms with Crippen LogP contribution in [0.15, 0.2) is 18.2 Å². The third-order valence-corrected chi connectivity index (χ3v) is 3.85. The number of hydrogen-bond donors (Lipinski definition) is 0. The smallest absolute Gasteiger partial charge is 0.123 e. The number of nitrogens with zero attached hydrogens (tertiary/aromatic N) is 2. The summed E-state index contributed by atoms with van der Waals surface area (Å²) < 4.78 is 5.34. The molecule has 1 unspecified atom stereocenters. The Morgan fingerprint density at radius 2 is 2.11 bits per heavy atom. The molecule has 1 saturated heterocycles. The van der Waals surface area contributed by atoms with Gasteiger partial charge < -0.3 is 9.64 Å². The minimum Gasteiger partial charge on any atom is -0.496 e. The Balaban J connectivity index is 2.16. The molecule has 0 bridgehead atoms. The number of likely N-dealkylation sites (tertiary alicyclic amines) is 1. The SMILES string of the molecule is COc1ccc(Cl)cc1C(C#N)CN1CCCCC1. The first-order chi connectivity index (χ1) is 9.24. The highest BCUT2D eigenvalue weighted by Gasteiger charge is 2.20. The van der Waals surface area contributed by atoms with Crippen molar-refractivity contribution in [2.24, 2.45) is 0 Å². The summed E-state index contributed by atoms with van der Waals surface area (Å²) in [7, 11) is 1.63. The van der Waals surface area contributed by atoms with Gasteiger partial charge in [-0.1, -0.05) is 18.0 Å². The summed E-state index contributed by atoms with van der Waals surface area (Å²) in [6.45, 7) is 2.93. The predicted molar refractivity (Wildman–Crippen MR) is 76.6 cm³/mol. The van der Waals surface area contributed by atoms with Gasteiger partial charge in [0.25, 0.3) is 0 Å². The molecule has 1 aliphatic rings. The molecule has 1 atom stereocenters. The van der Waals surface area contributed by atoms with Crippen LogP contribution in [0, 0.1) is 11.3 Å². The van der Waals surface area contributed by atoms with Gasteiger partial charge in [-0.25, -0.2) is 0 Å². The molecule has 0 aliphatic carbocycles. The summed E-state index contributed by atoms with van der Waals surface area (Å²) in [5, 5.41) is 10.1. The van der Waals surface area contributed by atoms with Crippen LogP contribution < -0.4 is 4.74 Å². The minimum atomic E-state index is -0.188. The van der Waals surface area contributed by atoms with Crippen molar-refractivity contribution >= 4 is 11.6 Å². The van der Waals surface area contributed by atoms with Gasteiger partial charge in [-0.05, 0) is 44.1 Å². The highest BCUT2D eigenvalue weighted by atomic mass is 35.5. The largest absolute Gasteiger partial charge is 0.496 e. The van der Waals surface area contributed by atoms with Crippen LogP contribution in [0.2, 0.25) is 5.02 Å². The molecule has 0 spiro atoms. The number of ether oxygens (including phenoxy) is 1. The van der Waals surface area contributed by atoms with E-state index in [-0.39, 0.29) is 5.92 Å². The molecule has 4 heteroatoms. The highest BCUT2D eigenvalue weighted by molar-refractivity contribution is 6.30. The second-order valence-electron chi connectivity index (χ2n) is 4.93. The third-order valence-electron chi connectivity index (χ3n) is 3.61. The lowest BCUT2D eigenvalue weighted by Crippen LogP contribution is -2.33. The number of benzene rings is 1. The lowest BCUT2D eigenvalue weighted by atomic mass is 9.98. The van der Waals surface area contributed by atoms with E-state index < -0.39 is 0 Å². The van der Waals surface area contributed by atoms with Crippen molar-refractivity contribution in [2.45, 2.75) is 25.2 Å². The molecule has 0 radical (unpaired) electrons. The fourth-order valence-electron chi connectivity index (χ4n) is 2.59. The quantitative estimate of drug-likeness (QED) is 0.846. The Kier molecular flexibility index (Phi) is 5.07. The van der Waals surface area contributed by atoms with Gasteiger partial charge in [0.1, 0.15) is 5.75 Å². The number of nitriles is 1. The van der Waals surface area contributed by atoms with E-state index in [2.05, 4.69) is 11.0 Å². The molecule has 1 aromatic rings. The summed E-state index contributed by atoms with van der Waals surface area (Å²) in [5.41, 5.74) is 0.892. The van der Waals surface area contributed by atoms with E-state index >= 15 is 0 Å². The van der Waals surface area contributed by atoms with E-state index in [1.807, 2.05) is 12.1 Å². The molecule has 1 fully saturated rings. The van der Waals surface area contributed by atoms with E-state index in [0.717, 1.165) is 30.9 Å². The second-order valence-corrected chi connectivity index (χ2v) is 5.37. The standard InChI is InChI=1S/C15H19ClN2O/c1-19-15-6-5-13(16)9-14(15)12(10-17)11-18-7-3-2-4-8-18/h5-6,9,12H,2-4,7-8,11H2,1H3. The molecule has 0 N–H and O–H groups in total. The zero-order valence-corrected chi connectivity index (χ0v) is 12.0. The fraction of sp³-hybridized carbons (Fsp3) is 0.533. The maximum absolute atomic E-state index is 9.45. The van der Waals surface area contributed by atoms with Crippen LogP contribution in [0.1, 0.15) is 30.7 Å². The number of halogens is 1. The summed E-state index contributed by atoms with van der Waals surface area (Å²) in [6, 6.07) is 7.86. The van der Waals surface area contributed by atoms with Crippen molar-refractivity contribution in [1.82, 2.24) is 4.90 Å². The Morgan fingerprint density at radius 1 is 1.37 bits per heavy atom. The lowest BCUT2D eigenvalue weighted by molar-refractivity contribution is 0.224. The molecular weight excluding hydrogens is 260 g/mol. The predicted octanol–water partition coefficient (Wildman–Crippen LogP) is 3.44. The van der Waals surface area contributed by atoms with Crippen LogP contribution >= 0.6 is 11.6 Å². The Labute approximate surface area is 119 Å². The van der Waals surface area contributed by atoms with E-state index in [1.54, 1.807) is 13.2 Å². The van der Waals surface area contributed by atoms with Crippen molar-refractivity contribution in [1.29, 1.82) is 5.26 Å². The summed E-state index contributed by atoms with van der Waals surface area (Å²) in [6.07, 6.45) is 3.75. The van der Waals surface area contributed by atoms with Crippen LogP contribution in [0.5, 0.6) is 5.75 Å². The van der Waals surface area contributed by atoms with E-state index in [1.165, 1.54) is 19.3 Å². The van der Waals surface area contributed by atoms with Crippen LogP contribution in [-0.2, 0) is 0 Å². The summed E-state index contributed by atoms with van der Waals surface area (Å²) in [5.74, 6) is 0.555. The number of methoxy groups -OCH3 is 1. The van der Waals surface area contributed by atoms with Crippen LogP contribution in [0.4, 0.5) is 0 Å². The molecule has 1 aromatic carbocycles. The van der Waals surface area contributed by atoms with Crippen LogP contribution in [-0.4, -0.2) is 31.6 Å². The fourth-order valence-corrected chi connectivity index (χ4v) is 2.77. The monoisotopic (exact) mass is 278 g/mol. The Bertz CT molecular complexity index is 464. The molecule has 102 valence electrons. The molecule has 1 aliphatic heterocycles. The zero-order chi connectivity index (χ0) is 13.7. The molecule has 0 aromatic heterocycles. The average molecular weight is 279 g/mol. The first kappa shape index (κ1) is 14.2. The van der Waals surface area contributed by atoms with Gasteiger partial charge in [0.15, 0.2) is 0 Å². The first-order valence-electron chi connectivity index (χ1n) is 6.70. The molecule has 0 amide bonds. The van der Waals surface area contributed by atoms with Gasteiger partial charge in [-0.15, -0.1) is 0 Å². The second kappa shape index (κ2) is 6.79. The normalized spacial score (nSPS) is 17.7. The van der Waals surface area contributed by atoms with Crippen LogP contribution in [0.25, 0.3) is 0 Å². The third kappa shape index (κ3) is 3.62. The number of hydrogen-bond acceptors (Lipinski definition) is 3. The topological polar surface area (TPSA) is 36.3 Å². The lowest BCUT2D eigenvalue weighted by Gasteiger charge is -2.28. The van der Waals surface area contributed by atoms with Crippen molar-refractivity contribution in [3.05, 3.63) is 28.8 Å². The van der Waals surface area contributed by atoms with Crippen molar-refractivity contribution in [2.75, 3.05) is 26.7 Å². The van der Waals surface area contributed by atoms with Gasteiger partial charge in [-0.2, -0.15) is 5.26 Å². The Morgan fingerprint density at radius 3 is 2.74 bits per heavy atom. The maximum atomic E-state index is 9.45. The Hall–Kier alpha value is -1.24. The molecule has 19 heavy (non-hydrogen) atoms. The van der Waals surface area contributed by atoms with Gasteiger partial charge in [0.2, 0.25) is 0 Å². The maximum Gasteiger partial charge on any atom is 0.123 e.